The van der Waals surface area contributed by atoms with Crippen LogP contribution in [-0.2, 0) is 17.5 Å². The third kappa shape index (κ3) is 3.39. The maximum atomic E-state index is 13.3. The molecule has 0 N–H and O–H groups in total. The SMILES string of the molecule is O=C(Cn1cnnn1)N1CCCCC1c1ccccc1C(F)(F)F. The topological polar surface area (TPSA) is 63.9 Å². The molecule has 1 aliphatic rings. The van der Waals surface area contributed by atoms with Crippen molar-refractivity contribution in [1.82, 2.24) is 25.1 Å². The lowest BCUT2D eigenvalue weighted by Gasteiger charge is -2.37. The van der Waals surface area contributed by atoms with E-state index < -0.39 is 17.8 Å². The van der Waals surface area contributed by atoms with Crippen molar-refractivity contribution >= 4 is 5.91 Å². The predicted molar refractivity (Wildman–Crippen MR) is 77.6 cm³/mol. The fourth-order valence-electron chi connectivity index (χ4n) is 3.08. The van der Waals surface area contributed by atoms with E-state index in [1.165, 1.54) is 28.0 Å². The zero-order valence-corrected chi connectivity index (χ0v) is 12.8. The van der Waals surface area contributed by atoms with E-state index in [9.17, 15) is 18.0 Å². The Morgan fingerprint density at radius 1 is 1.25 bits per heavy atom. The normalized spacial score (nSPS) is 18.6. The summed E-state index contributed by atoms with van der Waals surface area (Å²) >= 11 is 0. The molecule has 1 amide bonds. The number of halogens is 3. The number of likely N-dealkylation sites (tertiary alicyclic amines) is 1. The van der Waals surface area contributed by atoms with Crippen LogP contribution in [0.2, 0.25) is 0 Å². The summed E-state index contributed by atoms with van der Waals surface area (Å²) in [5.74, 6) is -0.288. The predicted octanol–water partition coefficient (Wildman–Crippen LogP) is 2.45. The van der Waals surface area contributed by atoms with E-state index in [2.05, 4.69) is 15.5 Å². The lowest BCUT2D eigenvalue weighted by atomic mass is 9.91. The highest BCUT2D eigenvalue weighted by atomic mass is 19.4. The monoisotopic (exact) mass is 339 g/mol. The van der Waals surface area contributed by atoms with Gasteiger partial charge in [0.1, 0.15) is 12.9 Å². The fraction of sp³-hybridized carbons (Fsp3) is 0.467. The number of rotatable bonds is 3. The molecule has 1 aromatic carbocycles. The van der Waals surface area contributed by atoms with Gasteiger partial charge in [0.2, 0.25) is 5.91 Å². The van der Waals surface area contributed by atoms with Gasteiger partial charge in [-0.2, -0.15) is 13.2 Å². The number of aromatic nitrogens is 4. The van der Waals surface area contributed by atoms with E-state index in [1.54, 1.807) is 6.07 Å². The summed E-state index contributed by atoms with van der Waals surface area (Å²) in [6, 6.07) is 4.87. The molecule has 9 heteroatoms. The number of nitrogens with zero attached hydrogens (tertiary/aromatic N) is 5. The van der Waals surface area contributed by atoms with Crippen molar-refractivity contribution in [3.05, 3.63) is 41.7 Å². The summed E-state index contributed by atoms with van der Waals surface area (Å²) < 4.78 is 41.2. The second-order valence-electron chi connectivity index (χ2n) is 5.69. The number of amides is 1. The van der Waals surface area contributed by atoms with Gasteiger partial charge in [-0.05, 0) is 41.3 Å². The number of tetrazole rings is 1. The van der Waals surface area contributed by atoms with Crippen LogP contribution < -0.4 is 0 Å². The van der Waals surface area contributed by atoms with Gasteiger partial charge in [0.15, 0.2) is 0 Å². The second-order valence-corrected chi connectivity index (χ2v) is 5.69. The third-order valence-electron chi connectivity index (χ3n) is 4.14. The van der Waals surface area contributed by atoms with Gasteiger partial charge in [-0.1, -0.05) is 18.2 Å². The molecule has 6 nitrogen and oxygen atoms in total. The van der Waals surface area contributed by atoms with Crippen molar-refractivity contribution in [2.24, 2.45) is 0 Å². The molecule has 0 radical (unpaired) electrons. The van der Waals surface area contributed by atoms with Crippen LogP contribution in [-0.4, -0.2) is 37.6 Å². The minimum Gasteiger partial charge on any atom is -0.334 e. The van der Waals surface area contributed by atoms with Crippen molar-refractivity contribution in [2.45, 2.75) is 38.0 Å². The van der Waals surface area contributed by atoms with E-state index in [-0.39, 0.29) is 18.0 Å². The third-order valence-corrected chi connectivity index (χ3v) is 4.14. The van der Waals surface area contributed by atoms with Gasteiger partial charge in [0.05, 0.1) is 11.6 Å². The number of benzene rings is 1. The molecule has 2 aromatic rings. The van der Waals surface area contributed by atoms with E-state index >= 15 is 0 Å². The van der Waals surface area contributed by atoms with Crippen LogP contribution in [0.1, 0.15) is 36.4 Å². The molecule has 1 fully saturated rings. The Bertz CT molecular complexity index is 701. The minimum atomic E-state index is -4.45. The Labute approximate surface area is 136 Å². The zero-order valence-electron chi connectivity index (χ0n) is 12.8. The molecule has 2 heterocycles. The summed E-state index contributed by atoms with van der Waals surface area (Å²) in [5, 5.41) is 10.5. The Kier molecular flexibility index (Phi) is 4.50. The summed E-state index contributed by atoms with van der Waals surface area (Å²) in [4.78, 5) is 14.0. The smallest absolute Gasteiger partial charge is 0.334 e. The molecule has 3 rings (SSSR count). The summed E-state index contributed by atoms with van der Waals surface area (Å²) in [6.45, 7) is 0.343. The largest absolute Gasteiger partial charge is 0.416 e. The molecule has 1 aromatic heterocycles. The van der Waals surface area contributed by atoms with Gasteiger partial charge in [0, 0.05) is 6.54 Å². The lowest BCUT2D eigenvalue weighted by molar-refractivity contribution is -0.142. The summed E-state index contributed by atoms with van der Waals surface area (Å²) in [6.07, 6.45) is -1.08. The first-order valence-electron chi connectivity index (χ1n) is 7.63. The Morgan fingerprint density at radius 3 is 2.75 bits per heavy atom. The highest BCUT2D eigenvalue weighted by molar-refractivity contribution is 5.76. The maximum absolute atomic E-state index is 13.3. The van der Waals surface area contributed by atoms with Gasteiger partial charge in [-0.25, -0.2) is 4.68 Å². The number of carbonyl (C=O) groups is 1. The van der Waals surface area contributed by atoms with Gasteiger partial charge in [0.25, 0.3) is 0 Å². The molecule has 1 saturated heterocycles. The molecular weight excluding hydrogens is 323 g/mol. The first kappa shape index (κ1) is 16.4. The Hall–Kier alpha value is -2.45. The molecule has 0 bridgehead atoms. The van der Waals surface area contributed by atoms with Gasteiger partial charge in [-0.15, -0.1) is 5.10 Å². The van der Waals surface area contributed by atoms with Crippen LogP contribution in [0.5, 0.6) is 0 Å². The Morgan fingerprint density at radius 2 is 2.04 bits per heavy atom. The first-order valence-corrected chi connectivity index (χ1v) is 7.63. The second kappa shape index (κ2) is 6.58. The van der Waals surface area contributed by atoms with Crippen LogP contribution in [0, 0.1) is 0 Å². The summed E-state index contributed by atoms with van der Waals surface area (Å²) in [5.41, 5.74) is -0.535. The van der Waals surface area contributed by atoms with E-state index in [0.717, 1.165) is 18.9 Å². The van der Waals surface area contributed by atoms with E-state index in [4.69, 9.17) is 0 Å². The average Bonchev–Trinajstić information content (AvgIpc) is 3.07. The molecule has 0 aliphatic carbocycles. The van der Waals surface area contributed by atoms with Gasteiger partial charge >= 0.3 is 6.18 Å². The minimum absolute atomic E-state index is 0.0856. The highest BCUT2D eigenvalue weighted by Gasteiger charge is 2.38. The number of hydrogen-bond donors (Lipinski definition) is 0. The van der Waals surface area contributed by atoms with Crippen LogP contribution in [0.3, 0.4) is 0 Å². The molecule has 0 spiro atoms. The zero-order chi connectivity index (χ0) is 17.2. The standard InChI is InChI=1S/C15H16F3N5O/c16-15(17,18)12-6-2-1-5-11(12)13-7-3-4-8-23(13)14(24)9-22-10-19-20-21-22/h1-2,5-6,10,13H,3-4,7-9H2. The van der Waals surface area contributed by atoms with Crippen molar-refractivity contribution in [2.75, 3.05) is 6.54 Å². The number of carbonyl (C=O) groups excluding carboxylic acids is 1. The average molecular weight is 339 g/mol. The van der Waals surface area contributed by atoms with Crippen molar-refractivity contribution in [3.63, 3.8) is 0 Å². The van der Waals surface area contributed by atoms with Crippen molar-refractivity contribution in [3.8, 4) is 0 Å². The maximum Gasteiger partial charge on any atom is 0.416 e. The van der Waals surface area contributed by atoms with E-state index in [0.29, 0.717) is 13.0 Å². The van der Waals surface area contributed by atoms with Crippen molar-refractivity contribution in [1.29, 1.82) is 0 Å². The molecule has 0 saturated carbocycles. The van der Waals surface area contributed by atoms with Gasteiger partial charge < -0.3 is 4.90 Å². The Balaban J connectivity index is 1.89. The summed E-state index contributed by atoms with van der Waals surface area (Å²) in [7, 11) is 0. The molecule has 1 aliphatic heterocycles. The lowest BCUT2D eigenvalue weighted by Crippen LogP contribution is -2.41. The van der Waals surface area contributed by atoms with Crippen LogP contribution >= 0.6 is 0 Å². The fourth-order valence-corrected chi connectivity index (χ4v) is 3.08. The van der Waals surface area contributed by atoms with Crippen molar-refractivity contribution < 1.29 is 18.0 Å². The van der Waals surface area contributed by atoms with Crippen LogP contribution in [0.25, 0.3) is 0 Å². The molecule has 1 atom stereocenters. The van der Waals surface area contributed by atoms with Crippen LogP contribution in [0.15, 0.2) is 30.6 Å². The quantitative estimate of drug-likeness (QED) is 0.862. The number of piperidine rings is 1. The molecule has 24 heavy (non-hydrogen) atoms. The number of hydrogen-bond acceptors (Lipinski definition) is 4. The van der Waals surface area contributed by atoms with Gasteiger partial charge in [-0.3, -0.25) is 4.79 Å². The molecular formula is C15H16F3N5O. The van der Waals surface area contributed by atoms with E-state index in [1.807, 2.05) is 0 Å². The molecule has 1 unspecified atom stereocenters. The van der Waals surface area contributed by atoms with Crippen LogP contribution in [0.4, 0.5) is 13.2 Å². The highest BCUT2D eigenvalue weighted by Crippen LogP contribution is 2.39. The molecule has 128 valence electrons. The first-order chi connectivity index (χ1) is 11.5. The number of alkyl halides is 3.